The van der Waals surface area contributed by atoms with E-state index in [1.165, 1.54) is 0 Å². The van der Waals surface area contributed by atoms with E-state index >= 15 is 0 Å². The van der Waals surface area contributed by atoms with Gasteiger partial charge in [-0.15, -0.1) is 0 Å². The summed E-state index contributed by atoms with van der Waals surface area (Å²) >= 11 is 0. The van der Waals surface area contributed by atoms with Crippen molar-refractivity contribution in [2.75, 3.05) is 0 Å². The number of nitroso groups, excluding NO2 is 1. The molecule has 0 aromatic heterocycles. The SMILES string of the molecule is [C-]#N.[C-]#N.[C-]#N.[C-]#N.[C-]#N.[Fe+6].[K].[N-]=O. The second-order valence-corrected chi connectivity index (χ2v) is 0. The summed E-state index contributed by atoms with van der Waals surface area (Å²) in [6.45, 7) is 23.8. The van der Waals surface area contributed by atoms with Crippen LogP contribution < -0.4 is 0 Å². The van der Waals surface area contributed by atoms with E-state index in [1.807, 2.05) is 0 Å². The number of nitrogens with zero attached hydrogens (tertiary/aromatic N) is 6. The van der Waals surface area contributed by atoms with Crippen molar-refractivity contribution < 1.29 is 17.1 Å². The minimum absolute atomic E-state index is 0. The molecule has 7 nitrogen and oxygen atoms in total. The molecule has 0 rings (SSSR count). The average molecular weight is 255 g/mol. The van der Waals surface area contributed by atoms with Gasteiger partial charge in [0.15, 0.2) is 0 Å². The summed E-state index contributed by atoms with van der Waals surface area (Å²) in [4.78, 5) is 7.25. The molecule has 0 aliphatic heterocycles. The van der Waals surface area contributed by atoms with E-state index in [4.69, 9.17) is 69.7 Å². The van der Waals surface area contributed by atoms with Gasteiger partial charge in [0.05, 0.1) is 0 Å². The van der Waals surface area contributed by atoms with Crippen LogP contribution in [-0.4, -0.2) is 51.4 Å². The summed E-state index contributed by atoms with van der Waals surface area (Å²) in [5.41, 5.74) is 5.75. The monoisotopic (exact) mass is 255 g/mol. The molecule has 65 valence electrons. The first-order chi connectivity index (χ1) is 6.00. The molecule has 0 atom stereocenters. The van der Waals surface area contributed by atoms with Gasteiger partial charge in [-0.3, -0.25) is 0 Å². The number of rotatable bonds is 0. The van der Waals surface area contributed by atoms with E-state index in [-0.39, 0.29) is 68.5 Å². The van der Waals surface area contributed by atoms with Gasteiger partial charge < -0.3 is 69.7 Å². The zero-order valence-electron chi connectivity index (χ0n) is 6.95. The molecule has 0 aromatic rings. The summed E-state index contributed by atoms with van der Waals surface area (Å²) < 4.78 is 0. The van der Waals surface area contributed by atoms with Gasteiger partial charge in [0.2, 0.25) is 0 Å². The summed E-state index contributed by atoms with van der Waals surface area (Å²) in [6, 6.07) is 0. The topological polar surface area (TPSA) is 158 Å². The quantitative estimate of drug-likeness (QED) is 0.450. The zero-order chi connectivity index (χ0) is 12.0. The molecule has 0 unspecified atom stereocenters. The van der Waals surface area contributed by atoms with Crippen LogP contribution in [0.3, 0.4) is 0 Å². The molecule has 0 heterocycles. The Morgan fingerprint density at radius 2 is 0.571 bits per heavy atom. The van der Waals surface area contributed by atoms with Crippen molar-refractivity contribution in [3.8, 4) is 0 Å². The van der Waals surface area contributed by atoms with Crippen molar-refractivity contribution in [3.05, 3.63) is 43.4 Å². The first-order valence-electron chi connectivity index (χ1n) is 1.30. The molecule has 1 radical (unpaired) electrons. The molecular weight excluding hydrogens is 255 g/mol. The van der Waals surface area contributed by atoms with Crippen molar-refractivity contribution in [2.24, 2.45) is 0 Å². The van der Waals surface area contributed by atoms with E-state index in [2.05, 4.69) is 0 Å². The van der Waals surface area contributed by atoms with Crippen molar-refractivity contribution in [1.29, 1.82) is 26.3 Å². The third-order valence-corrected chi connectivity index (χ3v) is 0. The average Bonchev–Trinajstić information content (AvgIpc) is 2.33. The predicted octanol–water partition coefficient (Wildman–Crippen LogP) is 0.421. The van der Waals surface area contributed by atoms with Crippen molar-refractivity contribution in [3.63, 3.8) is 0 Å². The standard InChI is InChI=1S/5CN.Fe.K.NO/c5*1-2;;;1-2/q5*-1;+6;;-1. The van der Waals surface area contributed by atoms with Crippen LogP contribution in [-0.2, 0) is 17.1 Å². The molecule has 0 N–H and O–H groups in total. The first kappa shape index (κ1) is 72.6. The van der Waals surface area contributed by atoms with E-state index < -0.39 is 0 Å². The maximum absolute atomic E-state index is 7.25. The van der Waals surface area contributed by atoms with Crippen molar-refractivity contribution in [2.45, 2.75) is 0 Å². The van der Waals surface area contributed by atoms with Gasteiger partial charge in [-0.05, 0) is 0 Å². The molecule has 14 heavy (non-hydrogen) atoms. The fraction of sp³-hybridized carbons (Fsp3) is 0. The Balaban J connectivity index is -0.00000000500. The van der Waals surface area contributed by atoms with Crippen molar-refractivity contribution in [1.82, 2.24) is 0 Å². The van der Waals surface area contributed by atoms with Crippen LogP contribution in [0.2, 0.25) is 0 Å². The second kappa shape index (κ2) is 2430. The van der Waals surface area contributed by atoms with Gasteiger partial charge >= 0.3 is 17.1 Å². The molecule has 0 bridgehead atoms. The van der Waals surface area contributed by atoms with Gasteiger partial charge in [-0.25, -0.2) is 0 Å². The number of hydrogen-bond acceptors (Lipinski definition) is 6. The van der Waals surface area contributed by atoms with Gasteiger partial charge in [0.25, 0.3) is 0 Å². The second-order valence-electron chi connectivity index (χ2n) is 0. The van der Waals surface area contributed by atoms with Crippen LogP contribution in [0.25, 0.3) is 5.59 Å². The molecule has 0 saturated heterocycles. The minimum Gasteiger partial charge on any atom is -0.577 e. The Bertz CT molecular complexity index is 95.6. The zero-order valence-corrected chi connectivity index (χ0v) is 11.2. The van der Waals surface area contributed by atoms with E-state index in [0.29, 0.717) is 0 Å². The van der Waals surface area contributed by atoms with E-state index in [1.54, 1.807) is 0 Å². The third kappa shape index (κ3) is 1850. The van der Waals surface area contributed by atoms with Crippen LogP contribution in [0.15, 0.2) is 0 Å². The minimum atomic E-state index is 0. The Labute approximate surface area is 136 Å². The maximum Gasteiger partial charge on any atom is 6.00 e. The van der Waals surface area contributed by atoms with Gasteiger partial charge in [-0.1, -0.05) is 0 Å². The molecule has 0 spiro atoms. The van der Waals surface area contributed by atoms with E-state index in [0.717, 1.165) is 0 Å². The number of hydrogen-bond donors (Lipinski definition) is 0. The summed E-state index contributed by atoms with van der Waals surface area (Å²) in [5.74, 6) is 0. The Kier molecular flexibility index (Phi) is 12600. The Hall–Kier alpha value is -0.794. The predicted molar refractivity (Wildman–Crippen MR) is 37.3 cm³/mol. The molecular formula is C5FeKN6O. The molecule has 0 amide bonds. The van der Waals surface area contributed by atoms with E-state index in [9.17, 15) is 0 Å². The summed E-state index contributed by atoms with van der Waals surface area (Å²) in [7, 11) is 0. The summed E-state index contributed by atoms with van der Waals surface area (Å²) in [6.07, 6.45) is 0. The Morgan fingerprint density at radius 3 is 0.571 bits per heavy atom. The van der Waals surface area contributed by atoms with Gasteiger partial charge in [-0.2, -0.15) is 0 Å². The summed E-state index contributed by atoms with van der Waals surface area (Å²) in [5, 5.41) is 31.2. The van der Waals surface area contributed by atoms with Crippen LogP contribution in [0.1, 0.15) is 0 Å². The fourth-order valence-corrected chi connectivity index (χ4v) is 0. The van der Waals surface area contributed by atoms with Gasteiger partial charge in [0, 0.05) is 51.4 Å². The largest absolute Gasteiger partial charge is 6.00 e. The molecule has 0 fully saturated rings. The normalized spacial score (nSPS) is 1.00. The first-order valence-corrected chi connectivity index (χ1v) is 1.30. The molecule has 0 saturated carbocycles. The van der Waals surface area contributed by atoms with Crippen LogP contribution in [0.5, 0.6) is 0 Å². The molecule has 0 aliphatic rings. The fourth-order valence-electron chi connectivity index (χ4n) is 0. The van der Waals surface area contributed by atoms with Crippen LogP contribution >= 0.6 is 0 Å². The smallest absolute Gasteiger partial charge is 0.577 e. The van der Waals surface area contributed by atoms with Gasteiger partial charge in [0.1, 0.15) is 0 Å². The van der Waals surface area contributed by atoms with Crippen LogP contribution in [0, 0.1) is 64.1 Å². The molecule has 0 aromatic carbocycles. The Morgan fingerprint density at radius 1 is 0.571 bits per heavy atom. The third-order valence-electron chi connectivity index (χ3n) is 0. The van der Waals surface area contributed by atoms with Crippen molar-refractivity contribution >= 4 is 51.4 Å². The molecule has 0 aliphatic carbocycles. The maximum atomic E-state index is 7.25. The van der Waals surface area contributed by atoms with Crippen LogP contribution in [0.4, 0.5) is 0 Å². The molecule has 9 heteroatoms.